The lowest BCUT2D eigenvalue weighted by molar-refractivity contribution is -0.138. The lowest BCUT2D eigenvalue weighted by Gasteiger charge is -2.14. The second-order valence-corrected chi connectivity index (χ2v) is 5.87. The first-order valence-electron chi connectivity index (χ1n) is 8.38. The van der Waals surface area contributed by atoms with Crippen LogP contribution in [0.1, 0.15) is 51.0 Å². The van der Waals surface area contributed by atoms with Gasteiger partial charge in [-0.25, -0.2) is 4.79 Å². The van der Waals surface area contributed by atoms with Crippen molar-refractivity contribution in [3.05, 3.63) is 29.7 Å². The molecule has 0 bridgehead atoms. The molecule has 1 N–H and O–H groups in total. The number of ether oxygens (including phenoxy) is 2. The van der Waals surface area contributed by atoms with E-state index in [2.05, 4.69) is 0 Å². The average Bonchev–Trinajstić information content (AvgIpc) is 3.20. The van der Waals surface area contributed by atoms with Crippen molar-refractivity contribution in [2.75, 3.05) is 13.2 Å². The molecule has 0 aromatic carbocycles. The van der Waals surface area contributed by atoms with E-state index in [0.717, 1.165) is 37.9 Å². The van der Waals surface area contributed by atoms with E-state index >= 15 is 0 Å². The Kier molecular flexibility index (Phi) is 7.36. The normalized spacial score (nSPS) is 19.7. The molecule has 5 heteroatoms. The van der Waals surface area contributed by atoms with E-state index < -0.39 is 6.10 Å². The zero-order valence-corrected chi connectivity index (χ0v) is 13.7. The second-order valence-electron chi connectivity index (χ2n) is 5.87. The molecule has 5 nitrogen and oxygen atoms in total. The van der Waals surface area contributed by atoms with Gasteiger partial charge in [0.15, 0.2) is 0 Å². The summed E-state index contributed by atoms with van der Waals surface area (Å²) in [6.45, 7) is 2.94. The van der Waals surface area contributed by atoms with E-state index in [-0.39, 0.29) is 12.4 Å². The molecule has 1 aromatic rings. The fourth-order valence-corrected chi connectivity index (χ4v) is 2.79. The van der Waals surface area contributed by atoms with Crippen LogP contribution in [0.3, 0.4) is 0 Å². The molecular weight excluding hydrogens is 296 g/mol. The van der Waals surface area contributed by atoms with E-state index in [1.54, 1.807) is 31.6 Å². The van der Waals surface area contributed by atoms with Gasteiger partial charge in [-0.2, -0.15) is 0 Å². The molecule has 2 atom stereocenters. The number of furan rings is 1. The van der Waals surface area contributed by atoms with Crippen molar-refractivity contribution in [3.8, 4) is 0 Å². The van der Waals surface area contributed by atoms with Crippen molar-refractivity contribution in [1.29, 1.82) is 0 Å². The Morgan fingerprint density at radius 1 is 1.57 bits per heavy atom. The second kappa shape index (κ2) is 9.53. The lowest BCUT2D eigenvalue weighted by atomic mass is 10.0. The number of hydrogen-bond acceptors (Lipinski definition) is 5. The molecule has 1 fully saturated rings. The monoisotopic (exact) mass is 322 g/mol. The van der Waals surface area contributed by atoms with Crippen LogP contribution in [0.25, 0.3) is 6.08 Å². The highest BCUT2D eigenvalue weighted by molar-refractivity contribution is 5.93. The highest BCUT2D eigenvalue weighted by Crippen LogP contribution is 2.21. The van der Waals surface area contributed by atoms with Crippen molar-refractivity contribution >= 4 is 12.0 Å². The van der Waals surface area contributed by atoms with Gasteiger partial charge in [0.1, 0.15) is 0 Å². The number of hydrogen-bond donors (Lipinski definition) is 1. The molecule has 2 heterocycles. The van der Waals surface area contributed by atoms with E-state index in [4.69, 9.17) is 13.9 Å². The molecule has 1 saturated heterocycles. The molecule has 2 unspecified atom stereocenters. The van der Waals surface area contributed by atoms with Crippen LogP contribution in [0, 0.1) is 0 Å². The highest BCUT2D eigenvalue weighted by Gasteiger charge is 2.18. The molecule has 1 aromatic heterocycles. The van der Waals surface area contributed by atoms with Crippen LogP contribution in [0.4, 0.5) is 0 Å². The van der Waals surface area contributed by atoms with Crippen LogP contribution < -0.4 is 0 Å². The van der Waals surface area contributed by atoms with Gasteiger partial charge in [0.25, 0.3) is 0 Å². The molecule has 0 aliphatic carbocycles. The topological polar surface area (TPSA) is 68.9 Å². The van der Waals surface area contributed by atoms with E-state index in [0.29, 0.717) is 24.7 Å². The largest absolute Gasteiger partial charge is 0.472 e. The Bertz CT molecular complexity index is 486. The minimum absolute atomic E-state index is 0.287. The third-order valence-electron chi connectivity index (χ3n) is 3.96. The number of aliphatic hydroxyl groups is 1. The molecule has 1 aliphatic heterocycles. The van der Waals surface area contributed by atoms with Crippen molar-refractivity contribution in [2.24, 2.45) is 0 Å². The number of carbonyl (C=O) groups is 1. The Morgan fingerprint density at radius 2 is 2.43 bits per heavy atom. The van der Waals surface area contributed by atoms with Crippen molar-refractivity contribution < 1.29 is 23.8 Å². The number of esters is 1. The third kappa shape index (κ3) is 6.20. The van der Waals surface area contributed by atoms with Crippen LogP contribution >= 0.6 is 0 Å². The highest BCUT2D eigenvalue weighted by atomic mass is 16.5. The maximum absolute atomic E-state index is 12.0. The summed E-state index contributed by atoms with van der Waals surface area (Å²) in [5.74, 6) is -0.383. The average molecular weight is 322 g/mol. The predicted molar refractivity (Wildman–Crippen MR) is 86.8 cm³/mol. The Labute approximate surface area is 137 Å². The number of rotatable bonds is 9. The molecule has 0 amide bonds. The van der Waals surface area contributed by atoms with Crippen molar-refractivity contribution in [2.45, 2.75) is 57.7 Å². The molecule has 0 saturated carbocycles. The van der Waals surface area contributed by atoms with Crippen LogP contribution in [0.15, 0.2) is 28.6 Å². The standard InChI is InChI=1S/C18H26O5/c1-2-22-18(20)15(11-14-8-10-21-13-14)12-16(19)5-3-6-17-7-4-9-23-17/h8,10-11,13,16-17,19H,2-7,9,12H2,1H3. The molecule has 23 heavy (non-hydrogen) atoms. The van der Waals surface area contributed by atoms with Gasteiger partial charge in [-0.05, 0) is 51.2 Å². The zero-order chi connectivity index (χ0) is 16.5. The van der Waals surface area contributed by atoms with E-state index in [9.17, 15) is 9.90 Å². The smallest absolute Gasteiger partial charge is 0.334 e. The summed E-state index contributed by atoms with van der Waals surface area (Å²) in [5.41, 5.74) is 1.26. The Hall–Kier alpha value is -1.59. The molecule has 128 valence electrons. The molecule has 0 radical (unpaired) electrons. The van der Waals surface area contributed by atoms with Gasteiger partial charge in [0, 0.05) is 24.2 Å². The van der Waals surface area contributed by atoms with Crippen LogP contribution in [0.2, 0.25) is 0 Å². The van der Waals surface area contributed by atoms with Gasteiger partial charge < -0.3 is 19.0 Å². The maximum Gasteiger partial charge on any atom is 0.334 e. The van der Waals surface area contributed by atoms with Crippen molar-refractivity contribution in [1.82, 2.24) is 0 Å². The minimum atomic E-state index is -0.557. The Morgan fingerprint density at radius 3 is 3.09 bits per heavy atom. The maximum atomic E-state index is 12.0. The quantitative estimate of drug-likeness (QED) is 0.558. The predicted octanol–water partition coefficient (Wildman–Crippen LogP) is 3.33. The van der Waals surface area contributed by atoms with Gasteiger partial charge >= 0.3 is 5.97 Å². The van der Waals surface area contributed by atoms with Crippen molar-refractivity contribution in [3.63, 3.8) is 0 Å². The van der Waals surface area contributed by atoms with Crippen LogP contribution in [-0.4, -0.2) is 36.5 Å². The Balaban J connectivity index is 1.84. The summed E-state index contributed by atoms with van der Waals surface area (Å²) >= 11 is 0. The molecular formula is C18H26O5. The number of aliphatic hydroxyl groups excluding tert-OH is 1. The fraction of sp³-hybridized carbons (Fsp3) is 0.611. The van der Waals surface area contributed by atoms with Gasteiger partial charge in [-0.3, -0.25) is 0 Å². The first kappa shape index (κ1) is 17.8. The molecule has 2 rings (SSSR count). The van der Waals surface area contributed by atoms with Gasteiger partial charge in [-0.1, -0.05) is 0 Å². The summed E-state index contributed by atoms with van der Waals surface area (Å²) in [6, 6.07) is 1.77. The van der Waals surface area contributed by atoms with Gasteiger partial charge in [-0.15, -0.1) is 0 Å². The summed E-state index contributed by atoms with van der Waals surface area (Å²) in [5, 5.41) is 10.2. The fourth-order valence-electron chi connectivity index (χ4n) is 2.79. The van der Waals surface area contributed by atoms with Crippen LogP contribution in [-0.2, 0) is 14.3 Å². The third-order valence-corrected chi connectivity index (χ3v) is 3.96. The first-order chi connectivity index (χ1) is 11.2. The SMILES string of the molecule is CCOC(=O)C(=Cc1ccoc1)CC(O)CCCC1CCCO1. The molecule has 1 aliphatic rings. The van der Waals surface area contributed by atoms with E-state index in [1.807, 2.05) is 0 Å². The summed E-state index contributed by atoms with van der Waals surface area (Å²) in [7, 11) is 0. The zero-order valence-electron chi connectivity index (χ0n) is 13.7. The van der Waals surface area contributed by atoms with E-state index in [1.165, 1.54) is 0 Å². The number of carbonyl (C=O) groups excluding carboxylic acids is 1. The minimum Gasteiger partial charge on any atom is -0.472 e. The first-order valence-corrected chi connectivity index (χ1v) is 8.38. The lowest BCUT2D eigenvalue weighted by Crippen LogP contribution is -2.16. The van der Waals surface area contributed by atoms with Crippen LogP contribution in [0.5, 0.6) is 0 Å². The molecule has 0 spiro atoms. The summed E-state index contributed by atoms with van der Waals surface area (Å²) in [6.07, 6.45) is 9.66. The summed E-state index contributed by atoms with van der Waals surface area (Å²) in [4.78, 5) is 12.0. The summed E-state index contributed by atoms with van der Waals surface area (Å²) < 4.78 is 15.7. The van der Waals surface area contributed by atoms with Gasteiger partial charge in [0.2, 0.25) is 0 Å². The van der Waals surface area contributed by atoms with Gasteiger partial charge in [0.05, 0.1) is 31.3 Å².